The molecule has 0 bridgehead atoms. The summed E-state index contributed by atoms with van der Waals surface area (Å²) in [6.07, 6.45) is 7.01. The van der Waals surface area contributed by atoms with E-state index < -0.39 is 11.6 Å². The monoisotopic (exact) mass is 314 g/mol. The number of allylic oxidation sites excluding steroid dienone is 3. The van der Waals surface area contributed by atoms with Gasteiger partial charge in [-0.05, 0) is 25.0 Å². The molecule has 2 aromatic rings. The fraction of sp³-hybridized carbons (Fsp3) is 0.222. The number of fused-ring (bicyclic) bond motifs is 1. The number of esters is 1. The normalized spacial score (nSPS) is 11.6. The fourth-order valence-corrected chi connectivity index (χ4v) is 2.15. The van der Waals surface area contributed by atoms with Crippen molar-refractivity contribution >= 4 is 16.9 Å². The molecular weight excluding hydrogens is 296 g/mol. The van der Waals surface area contributed by atoms with Crippen LogP contribution in [0.3, 0.4) is 0 Å². The Morgan fingerprint density at radius 3 is 2.74 bits per heavy atom. The highest BCUT2D eigenvalue weighted by Crippen LogP contribution is 2.27. The number of carbonyl (C=O) groups excluding carboxylic acids is 1. The Hall–Kier alpha value is -2.82. The van der Waals surface area contributed by atoms with E-state index in [1.54, 1.807) is 24.3 Å². The van der Waals surface area contributed by atoms with Crippen LogP contribution in [-0.2, 0) is 22.6 Å². The molecule has 5 heteroatoms. The summed E-state index contributed by atoms with van der Waals surface area (Å²) in [7, 11) is 0. The van der Waals surface area contributed by atoms with Crippen molar-refractivity contribution in [3.63, 3.8) is 0 Å². The third-order valence-corrected chi connectivity index (χ3v) is 3.32. The van der Waals surface area contributed by atoms with Crippen LogP contribution >= 0.6 is 0 Å². The van der Waals surface area contributed by atoms with E-state index in [9.17, 15) is 14.7 Å². The van der Waals surface area contributed by atoms with Crippen LogP contribution in [0.15, 0.2) is 51.7 Å². The van der Waals surface area contributed by atoms with Gasteiger partial charge in [-0.1, -0.05) is 25.2 Å². The second kappa shape index (κ2) is 7.45. The number of benzene rings is 1. The number of aromatic hydroxyl groups is 1. The van der Waals surface area contributed by atoms with Crippen molar-refractivity contribution < 1.29 is 19.1 Å². The molecule has 0 unspecified atom stereocenters. The molecule has 0 spiro atoms. The van der Waals surface area contributed by atoms with E-state index in [-0.39, 0.29) is 17.9 Å². The second-order valence-corrected chi connectivity index (χ2v) is 4.91. The molecule has 0 fully saturated rings. The Morgan fingerprint density at radius 2 is 2.04 bits per heavy atom. The lowest BCUT2D eigenvalue weighted by atomic mass is 10.0. The summed E-state index contributed by atoms with van der Waals surface area (Å²) in [6.45, 7) is 3.70. The maximum absolute atomic E-state index is 11.6. The Morgan fingerprint density at radius 1 is 1.26 bits per heavy atom. The summed E-state index contributed by atoms with van der Waals surface area (Å²) < 4.78 is 10.2. The van der Waals surface area contributed by atoms with E-state index >= 15 is 0 Å². The molecule has 0 saturated heterocycles. The van der Waals surface area contributed by atoms with Gasteiger partial charge in [0.15, 0.2) is 0 Å². The molecule has 1 heterocycles. The van der Waals surface area contributed by atoms with Gasteiger partial charge in [0.1, 0.15) is 17.9 Å². The summed E-state index contributed by atoms with van der Waals surface area (Å²) in [5.74, 6) is -0.425. The molecule has 0 radical (unpaired) electrons. The lowest BCUT2D eigenvalue weighted by Crippen LogP contribution is -2.06. The minimum Gasteiger partial charge on any atom is -0.508 e. The molecule has 1 aromatic carbocycles. The molecule has 0 atom stereocenters. The van der Waals surface area contributed by atoms with Gasteiger partial charge in [0, 0.05) is 29.2 Å². The van der Waals surface area contributed by atoms with Crippen molar-refractivity contribution in [2.45, 2.75) is 26.9 Å². The summed E-state index contributed by atoms with van der Waals surface area (Å²) in [6, 6.07) is 4.45. The van der Waals surface area contributed by atoms with Crippen LogP contribution in [0.1, 0.15) is 25.0 Å². The molecule has 23 heavy (non-hydrogen) atoms. The first-order valence-electron chi connectivity index (χ1n) is 7.30. The lowest BCUT2D eigenvalue weighted by molar-refractivity contribution is -0.138. The minimum atomic E-state index is -0.559. The number of phenolic OH excluding ortho intramolecular Hbond substituents is 1. The van der Waals surface area contributed by atoms with E-state index in [2.05, 4.69) is 0 Å². The molecule has 0 saturated carbocycles. The van der Waals surface area contributed by atoms with Gasteiger partial charge in [-0.15, -0.1) is 0 Å². The maximum Gasteiger partial charge on any atom is 0.336 e. The largest absolute Gasteiger partial charge is 0.508 e. The quantitative estimate of drug-likeness (QED) is 0.397. The number of carbonyl (C=O) groups is 1. The lowest BCUT2D eigenvalue weighted by Gasteiger charge is -2.08. The first kappa shape index (κ1) is 16.5. The molecule has 0 amide bonds. The van der Waals surface area contributed by atoms with Gasteiger partial charge in [-0.2, -0.15) is 0 Å². The summed E-state index contributed by atoms with van der Waals surface area (Å²) in [5, 5.41) is 10.5. The maximum atomic E-state index is 11.6. The first-order valence-corrected chi connectivity index (χ1v) is 7.30. The molecule has 5 nitrogen and oxygen atoms in total. The number of ether oxygens (including phenoxy) is 1. The van der Waals surface area contributed by atoms with Gasteiger partial charge in [-0.3, -0.25) is 0 Å². The standard InChI is InChI=1S/C18H18O5/c1-3-5-6-7-17(20)22-11-13-9-18(21)23-16-10-15(19)12(4-2)8-14(13)16/h3,5-10,19H,4,11H2,1-2H3/b5-3+,7-6+. The smallest absolute Gasteiger partial charge is 0.336 e. The minimum absolute atomic E-state index is 0.0466. The SMILES string of the molecule is C/C=C/C=C/C(=O)OCc1cc(=O)oc2cc(O)c(CC)cc12. The van der Waals surface area contributed by atoms with Crippen LogP contribution in [0.5, 0.6) is 5.75 Å². The Kier molecular flexibility index (Phi) is 5.36. The highest BCUT2D eigenvalue weighted by molar-refractivity contribution is 5.84. The summed E-state index contributed by atoms with van der Waals surface area (Å²) in [5.41, 5.74) is 0.977. The number of phenols is 1. The van der Waals surface area contributed by atoms with Crippen LogP contribution in [-0.4, -0.2) is 11.1 Å². The second-order valence-electron chi connectivity index (χ2n) is 4.91. The zero-order chi connectivity index (χ0) is 16.8. The summed E-state index contributed by atoms with van der Waals surface area (Å²) >= 11 is 0. The van der Waals surface area contributed by atoms with Gasteiger partial charge in [0.05, 0.1) is 0 Å². The Labute approximate surface area is 133 Å². The van der Waals surface area contributed by atoms with Gasteiger partial charge in [-0.25, -0.2) is 9.59 Å². The van der Waals surface area contributed by atoms with Crippen LogP contribution in [0, 0.1) is 0 Å². The van der Waals surface area contributed by atoms with Crippen LogP contribution in [0.2, 0.25) is 0 Å². The molecular formula is C18H18O5. The van der Waals surface area contributed by atoms with E-state index in [0.29, 0.717) is 17.4 Å². The van der Waals surface area contributed by atoms with Crippen molar-refractivity contribution in [2.24, 2.45) is 0 Å². The van der Waals surface area contributed by atoms with Crippen LogP contribution in [0.25, 0.3) is 11.0 Å². The van der Waals surface area contributed by atoms with E-state index in [4.69, 9.17) is 9.15 Å². The van der Waals surface area contributed by atoms with E-state index in [1.165, 1.54) is 18.2 Å². The highest BCUT2D eigenvalue weighted by Gasteiger charge is 2.11. The zero-order valence-electron chi connectivity index (χ0n) is 13.0. The van der Waals surface area contributed by atoms with Crippen molar-refractivity contribution in [3.8, 4) is 5.75 Å². The van der Waals surface area contributed by atoms with Gasteiger partial charge < -0.3 is 14.3 Å². The van der Waals surface area contributed by atoms with Crippen molar-refractivity contribution in [1.82, 2.24) is 0 Å². The number of hydrogen-bond acceptors (Lipinski definition) is 5. The topological polar surface area (TPSA) is 76.7 Å². The van der Waals surface area contributed by atoms with Gasteiger partial charge in [0.25, 0.3) is 0 Å². The predicted molar refractivity (Wildman–Crippen MR) is 87.3 cm³/mol. The Balaban J connectivity index is 2.32. The molecule has 1 aromatic heterocycles. The molecule has 0 aliphatic heterocycles. The molecule has 120 valence electrons. The third-order valence-electron chi connectivity index (χ3n) is 3.32. The van der Waals surface area contributed by atoms with Crippen LogP contribution in [0.4, 0.5) is 0 Å². The van der Waals surface area contributed by atoms with E-state index in [1.807, 2.05) is 13.8 Å². The number of hydrogen-bond donors (Lipinski definition) is 1. The average molecular weight is 314 g/mol. The van der Waals surface area contributed by atoms with Crippen molar-refractivity contribution in [1.29, 1.82) is 0 Å². The summed E-state index contributed by atoms with van der Waals surface area (Å²) in [4.78, 5) is 23.2. The Bertz CT molecular complexity index is 827. The molecule has 1 N–H and O–H groups in total. The molecule has 2 rings (SSSR count). The van der Waals surface area contributed by atoms with Crippen molar-refractivity contribution in [2.75, 3.05) is 0 Å². The van der Waals surface area contributed by atoms with Crippen LogP contribution < -0.4 is 5.63 Å². The van der Waals surface area contributed by atoms with Crippen molar-refractivity contribution in [3.05, 3.63) is 64.1 Å². The first-order chi connectivity index (χ1) is 11.0. The number of rotatable bonds is 5. The predicted octanol–water partition coefficient (Wildman–Crippen LogP) is 3.24. The fourth-order valence-electron chi connectivity index (χ4n) is 2.15. The highest BCUT2D eigenvalue weighted by atomic mass is 16.5. The van der Waals surface area contributed by atoms with Gasteiger partial charge in [0.2, 0.25) is 0 Å². The number of aryl methyl sites for hydroxylation is 1. The molecule has 0 aliphatic carbocycles. The van der Waals surface area contributed by atoms with E-state index in [0.717, 1.165) is 5.56 Å². The van der Waals surface area contributed by atoms with Gasteiger partial charge >= 0.3 is 11.6 Å². The average Bonchev–Trinajstić information content (AvgIpc) is 2.52. The zero-order valence-corrected chi connectivity index (χ0v) is 13.0. The molecule has 0 aliphatic rings. The third kappa shape index (κ3) is 4.10.